The Bertz CT molecular complexity index is 643. The predicted molar refractivity (Wildman–Crippen MR) is 95.6 cm³/mol. The van der Waals surface area contributed by atoms with Gasteiger partial charge in [0.2, 0.25) is 0 Å². The van der Waals surface area contributed by atoms with Gasteiger partial charge in [-0.2, -0.15) is 0 Å². The lowest BCUT2D eigenvalue weighted by atomic mass is 9.92. The average molecular weight is 330 g/mol. The van der Waals surface area contributed by atoms with E-state index < -0.39 is 20.4 Å². The van der Waals surface area contributed by atoms with Gasteiger partial charge in [-0.3, -0.25) is 0 Å². The minimum absolute atomic E-state index is 0.435. The largest absolute Gasteiger partial charge is 0.204 e. The predicted octanol–water partition coefficient (Wildman–Crippen LogP) is 6.15. The quantitative estimate of drug-likeness (QED) is 0.590. The van der Waals surface area contributed by atoms with E-state index in [-0.39, 0.29) is 0 Å². The molecule has 122 valence electrons. The van der Waals surface area contributed by atoms with Gasteiger partial charge in [-0.05, 0) is 47.6 Å². The molecular formula is C20H24F2Si. The van der Waals surface area contributed by atoms with Crippen molar-refractivity contribution in [2.24, 2.45) is 0 Å². The maximum Gasteiger partial charge on any atom is 0.159 e. The van der Waals surface area contributed by atoms with Crippen molar-refractivity contribution >= 4 is 8.80 Å². The molecule has 0 N–H and O–H groups in total. The molecule has 1 aliphatic rings. The Labute approximate surface area is 139 Å². The molecule has 0 spiro atoms. The summed E-state index contributed by atoms with van der Waals surface area (Å²) >= 11 is 0. The van der Waals surface area contributed by atoms with Gasteiger partial charge >= 0.3 is 0 Å². The molecule has 0 nitrogen and oxygen atoms in total. The highest BCUT2D eigenvalue weighted by Crippen LogP contribution is 2.35. The van der Waals surface area contributed by atoms with Gasteiger partial charge in [-0.15, -0.1) is 0 Å². The van der Waals surface area contributed by atoms with Gasteiger partial charge in [0.1, 0.15) is 0 Å². The fourth-order valence-electron chi connectivity index (χ4n) is 3.82. The maximum atomic E-state index is 13.4. The molecule has 0 unspecified atom stereocenters. The van der Waals surface area contributed by atoms with Crippen molar-refractivity contribution in [3.05, 3.63) is 59.7 Å². The summed E-state index contributed by atoms with van der Waals surface area (Å²) in [7, 11) is -0.435. The lowest BCUT2D eigenvalue weighted by Crippen LogP contribution is -2.19. The number of halogens is 2. The molecule has 1 heterocycles. The summed E-state index contributed by atoms with van der Waals surface area (Å²) in [6.07, 6.45) is 4.02. The smallest absolute Gasteiger partial charge is 0.159 e. The molecule has 0 amide bonds. The molecule has 0 aromatic heterocycles. The van der Waals surface area contributed by atoms with Crippen LogP contribution < -0.4 is 0 Å². The minimum Gasteiger partial charge on any atom is -0.204 e. The molecule has 2 aromatic carbocycles. The molecule has 2 aromatic rings. The Balaban J connectivity index is 1.69. The monoisotopic (exact) mass is 330 g/mol. The van der Waals surface area contributed by atoms with Crippen LogP contribution in [0.25, 0.3) is 11.1 Å². The van der Waals surface area contributed by atoms with Crippen LogP contribution in [-0.4, -0.2) is 8.80 Å². The summed E-state index contributed by atoms with van der Waals surface area (Å²) in [4.78, 5) is 0. The van der Waals surface area contributed by atoms with Gasteiger partial charge in [0.05, 0.1) is 0 Å². The molecule has 0 radical (unpaired) electrons. The molecule has 1 fully saturated rings. The molecular weight excluding hydrogens is 306 g/mol. The van der Waals surface area contributed by atoms with Crippen molar-refractivity contribution in [3.8, 4) is 11.1 Å². The van der Waals surface area contributed by atoms with Gasteiger partial charge in [0.15, 0.2) is 11.6 Å². The number of rotatable bonds is 4. The van der Waals surface area contributed by atoms with Gasteiger partial charge in [0, 0.05) is 8.80 Å². The zero-order chi connectivity index (χ0) is 16.2. The Morgan fingerprint density at radius 2 is 1.57 bits per heavy atom. The Morgan fingerprint density at radius 3 is 2.17 bits per heavy atom. The van der Waals surface area contributed by atoms with Gasteiger partial charge in [-0.25, -0.2) is 8.78 Å². The Morgan fingerprint density at radius 1 is 0.913 bits per heavy atom. The number of hydrogen-bond donors (Lipinski definition) is 0. The third kappa shape index (κ3) is 3.89. The van der Waals surface area contributed by atoms with Crippen LogP contribution in [0.3, 0.4) is 0 Å². The molecule has 0 atom stereocenters. The second-order valence-electron chi connectivity index (χ2n) is 6.76. The SMILES string of the molecule is CCC[SiH]1CCC(c2ccc(-c3ccc(F)c(F)c3)cc2)CC1. The fraction of sp³-hybridized carbons (Fsp3) is 0.400. The van der Waals surface area contributed by atoms with E-state index in [2.05, 4.69) is 19.1 Å². The van der Waals surface area contributed by atoms with E-state index in [1.165, 1.54) is 55.1 Å². The second-order valence-corrected chi connectivity index (χ2v) is 10.2. The highest BCUT2D eigenvalue weighted by atomic mass is 28.3. The van der Waals surface area contributed by atoms with E-state index in [1.807, 2.05) is 12.1 Å². The molecule has 23 heavy (non-hydrogen) atoms. The average Bonchev–Trinajstić information content (AvgIpc) is 2.59. The highest BCUT2D eigenvalue weighted by molar-refractivity contribution is 6.59. The van der Waals surface area contributed by atoms with Gasteiger partial charge in [-0.1, -0.05) is 61.8 Å². The van der Waals surface area contributed by atoms with E-state index in [0.29, 0.717) is 5.92 Å². The van der Waals surface area contributed by atoms with Crippen LogP contribution in [0.2, 0.25) is 18.1 Å². The summed E-state index contributed by atoms with van der Waals surface area (Å²) < 4.78 is 26.4. The van der Waals surface area contributed by atoms with Crippen LogP contribution >= 0.6 is 0 Å². The first kappa shape index (κ1) is 16.4. The highest BCUT2D eigenvalue weighted by Gasteiger charge is 2.22. The van der Waals surface area contributed by atoms with Gasteiger partial charge in [0.25, 0.3) is 0 Å². The van der Waals surface area contributed by atoms with Crippen LogP contribution in [0, 0.1) is 11.6 Å². The zero-order valence-corrected chi connectivity index (χ0v) is 14.8. The standard InChI is InChI=1S/C20H24F2Si/c1-2-11-23-12-9-17(10-13-23)15-3-5-16(6-4-15)18-7-8-19(21)20(22)14-18/h3-8,14,17,23H,2,9-13H2,1H3. The van der Waals surface area contributed by atoms with E-state index in [4.69, 9.17) is 0 Å². The normalized spacial score (nSPS) is 21.3. The number of benzene rings is 2. The summed E-state index contributed by atoms with van der Waals surface area (Å²) in [5.74, 6) is -0.890. The van der Waals surface area contributed by atoms with Crippen molar-refractivity contribution in [1.29, 1.82) is 0 Å². The third-order valence-electron chi connectivity index (χ3n) is 5.18. The zero-order valence-electron chi connectivity index (χ0n) is 13.7. The lowest BCUT2D eigenvalue weighted by molar-refractivity contribution is 0.509. The molecule has 0 saturated carbocycles. The van der Waals surface area contributed by atoms with Crippen molar-refractivity contribution in [1.82, 2.24) is 0 Å². The summed E-state index contributed by atoms with van der Waals surface area (Å²) in [6.45, 7) is 2.30. The topological polar surface area (TPSA) is 0 Å². The first-order chi connectivity index (χ1) is 11.2. The fourth-order valence-corrected chi connectivity index (χ4v) is 7.25. The van der Waals surface area contributed by atoms with E-state index >= 15 is 0 Å². The lowest BCUT2D eigenvalue weighted by Gasteiger charge is -2.27. The van der Waals surface area contributed by atoms with Crippen LogP contribution in [0.5, 0.6) is 0 Å². The van der Waals surface area contributed by atoms with Gasteiger partial charge < -0.3 is 0 Å². The number of hydrogen-bond acceptors (Lipinski definition) is 0. The second kappa shape index (κ2) is 7.39. The van der Waals surface area contributed by atoms with E-state index in [0.717, 1.165) is 11.1 Å². The minimum atomic E-state index is -0.793. The Hall–Kier alpha value is -1.48. The summed E-state index contributed by atoms with van der Waals surface area (Å²) in [6, 6.07) is 17.0. The third-order valence-corrected chi connectivity index (χ3v) is 8.87. The van der Waals surface area contributed by atoms with Crippen molar-refractivity contribution in [2.45, 2.75) is 50.2 Å². The van der Waals surface area contributed by atoms with E-state index in [1.54, 1.807) is 6.07 Å². The molecule has 0 bridgehead atoms. The first-order valence-corrected chi connectivity index (χ1v) is 11.2. The van der Waals surface area contributed by atoms with Crippen LogP contribution in [-0.2, 0) is 0 Å². The van der Waals surface area contributed by atoms with Crippen molar-refractivity contribution in [3.63, 3.8) is 0 Å². The molecule has 3 heteroatoms. The van der Waals surface area contributed by atoms with Crippen molar-refractivity contribution < 1.29 is 8.78 Å². The molecule has 1 aliphatic heterocycles. The van der Waals surface area contributed by atoms with E-state index in [9.17, 15) is 8.78 Å². The summed E-state index contributed by atoms with van der Waals surface area (Å²) in [5, 5.41) is 0. The Kier molecular flexibility index (Phi) is 5.26. The molecule has 1 saturated heterocycles. The molecule has 3 rings (SSSR count). The van der Waals surface area contributed by atoms with Crippen molar-refractivity contribution in [2.75, 3.05) is 0 Å². The first-order valence-electron chi connectivity index (χ1n) is 8.72. The summed E-state index contributed by atoms with van der Waals surface area (Å²) in [5.41, 5.74) is 3.08. The van der Waals surface area contributed by atoms with Crippen LogP contribution in [0.15, 0.2) is 42.5 Å². The van der Waals surface area contributed by atoms with Crippen LogP contribution in [0.4, 0.5) is 8.78 Å². The molecule has 0 aliphatic carbocycles. The van der Waals surface area contributed by atoms with Crippen LogP contribution in [0.1, 0.15) is 37.7 Å². The maximum absolute atomic E-state index is 13.4.